The van der Waals surface area contributed by atoms with Crippen LogP contribution in [0.2, 0.25) is 0 Å². The molecule has 0 saturated carbocycles. The average Bonchev–Trinajstić information content (AvgIpc) is 2.96. The first-order chi connectivity index (χ1) is 10.8. The van der Waals surface area contributed by atoms with Crippen molar-refractivity contribution in [3.8, 4) is 5.75 Å². The zero-order valence-corrected chi connectivity index (χ0v) is 11.9. The molecule has 0 bridgehead atoms. The molecule has 0 aromatic heterocycles. The smallest absolute Gasteiger partial charge is 0.405 e. The fourth-order valence-electron chi connectivity index (χ4n) is 2.06. The molecule has 0 unspecified atom stereocenters. The van der Waals surface area contributed by atoms with Gasteiger partial charge in [0.15, 0.2) is 0 Å². The molecule has 1 aliphatic heterocycles. The largest absolute Gasteiger partial charge is 0.493 e. The van der Waals surface area contributed by atoms with Crippen molar-refractivity contribution in [3.05, 3.63) is 29.3 Å². The lowest BCUT2D eigenvalue weighted by atomic mass is 10.0. The number of benzene rings is 1. The van der Waals surface area contributed by atoms with E-state index in [0.717, 1.165) is 11.3 Å². The summed E-state index contributed by atoms with van der Waals surface area (Å²) in [4.78, 5) is 22.5. The zero-order valence-electron chi connectivity index (χ0n) is 11.9. The molecule has 0 fully saturated rings. The molecule has 1 atom stereocenters. The molecule has 2 amide bonds. The van der Waals surface area contributed by atoms with E-state index in [9.17, 15) is 27.9 Å². The number of aliphatic hydroxyl groups is 1. The van der Waals surface area contributed by atoms with Crippen LogP contribution in [0.3, 0.4) is 0 Å². The minimum Gasteiger partial charge on any atom is -0.493 e. The van der Waals surface area contributed by atoms with Crippen molar-refractivity contribution in [2.45, 2.75) is 18.7 Å². The van der Waals surface area contributed by atoms with Crippen LogP contribution in [0.4, 0.5) is 13.2 Å². The molecule has 2 rings (SSSR count). The van der Waals surface area contributed by atoms with E-state index in [2.05, 4.69) is 5.32 Å². The molecule has 1 aromatic rings. The van der Waals surface area contributed by atoms with E-state index in [-0.39, 0.29) is 6.54 Å². The summed E-state index contributed by atoms with van der Waals surface area (Å²) in [6, 6.07) is 5.03. The molecule has 1 heterocycles. The number of hydrogen-bond acceptors (Lipinski definition) is 4. The Morgan fingerprint density at radius 1 is 1.26 bits per heavy atom. The lowest BCUT2D eigenvalue weighted by Crippen LogP contribution is -2.44. The Morgan fingerprint density at radius 2 is 1.96 bits per heavy atom. The van der Waals surface area contributed by atoms with Gasteiger partial charge in [0.2, 0.25) is 0 Å². The van der Waals surface area contributed by atoms with Crippen LogP contribution in [0.15, 0.2) is 18.2 Å². The van der Waals surface area contributed by atoms with E-state index < -0.39 is 30.6 Å². The van der Waals surface area contributed by atoms with Crippen molar-refractivity contribution in [2.75, 3.05) is 19.7 Å². The number of nitrogens with one attached hydrogen (secondary N) is 2. The Labute approximate surface area is 129 Å². The van der Waals surface area contributed by atoms with Crippen molar-refractivity contribution < 1.29 is 32.6 Å². The molecule has 6 nitrogen and oxygen atoms in total. The van der Waals surface area contributed by atoms with Crippen LogP contribution in [0.25, 0.3) is 0 Å². The standard InChI is InChI=1S/C14H15F3N2O4/c15-14(16,17)7-19-13(22)12(21)18-6-10(20)8-1-2-11-9(5-8)3-4-23-11/h1-2,5,10,20H,3-4,6-7H2,(H,18,21)(H,19,22)/t10-/m0/s1. The summed E-state index contributed by atoms with van der Waals surface area (Å²) >= 11 is 0. The molecule has 9 heteroatoms. The number of hydrogen-bond donors (Lipinski definition) is 3. The summed E-state index contributed by atoms with van der Waals surface area (Å²) in [5.41, 5.74) is 1.45. The third-order valence-electron chi connectivity index (χ3n) is 3.21. The number of rotatable bonds is 4. The van der Waals surface area contributed by atoms with E-state index in [4.69, 9.17) is 4.74 Å². The maximum Gasteiger partial charge on any atom is 0.405 e. The Hall–Kier alpha value is -2.29. The van der Waals surface area contributed by atoms with Gasteiger partial charge < -0.3 is 20.5 Å². The van der Waals surface area contributed by atoms with Gasteiger partial charge in [0.05, 0.1) is 12.7 Å². The quantitative estimate of drug-likeness (QED) is 0.699. The fourth-order valence-corrected chi connectivity index (χ4v) is 2.06. The SMILES string of the molecule is O=C(NC[C@H](O)c1ccc2c(c1)CCO2)C(=O)NCC(F)(F)F. The minimum atomic E-state index is -4.60. The highest BCUT2D eigenvalue weighted by atomic mass is 19.4. The van der Waals surface area contributed by atoms with Gasteiger partial charge in [-0.25, -0.2) is 0 Å². The van der Waals surface area contributed by atoms with Crippen LogP contribution in [0.1, 0.15) is 17.2 Å². The van der Waals surface area contributed by atoms with Gasteiger partial charge in [0.1, 0.15) is 12.3 Å². The Bertz CT molecular complexity index is 604. The van der Waals surface area contributed by atoms with Gasteiger partial charge in [0.25, 0.3) is 0 Å². The van der Waals surface area contributed by atoms with Crippen molar-refractivity contribution in [2.24, 2.45) is 0 Å². The van der Waals surface area contributed by atoms with E-state index in [0.29, 0.717) is 18.6 Å². The van der Waals surface area contributed by atoms with E-state index in [1.165, 1.54) is 5.32 Å². The maximum atomic E-state index is 11.9. The number of carbonyl (C=O) groups excluding carboxylic acids is 2. The lowest BCUT2D eigenvalue weighted by molar-refractivity contribution is -0.146. The second kappa shape index (κ2) is 6.86. The number of halogens is 3. The summed E-state index contributed by atoms with van der Waals surface area (Å²) in [5.74, 6) is -1.91. The number of ether oxygens (including phenoxy) is 1. The monoisotopic (exact) mass is 332 g/mol. The molecular weight excluding hydrogens is 317 g/mol. The van der Waals surface area contributed by atoms with Gasteiger partial charge in [-0.3, -0.25) is 9.59 Å². The van der Waals surface area contributed by atoms with Crippen molar-refractivity contribution in [3.63, 3.8) is 0 Å². The third-order valence-corrected chi connectivity index (χ3v) is 3.21. The highest BCUT2D eigenvalue weighted by Crippen LogP contribution is 2.27. The normalized spacial score (nSPS) is 14.6. The molecular formula is C14H15F3N2O4. The molecule has 23 heavy (non-hydrogen) atoms. The van der Waals surface area contributed by atoms with Crippen molar-refractivity contribution in [1.82, 2.24) is 10.6 Å². The van der Waals surface area contributed by atoms with Gasteiger partial charge in [-0.2, -0.15) is 13.2 Å². The second-order valence-electron chi connectivity index (χ2n) is 4.99. The zero-order chi connectivity index (χ0) is 17.0. The minimum absolute atomic E-state index is 0.294. The molecule has 1 aliphatic rings. The van der Waals surface area contributed by atoms with Crippen LogP contribution < -0.4 is 15.4 Å². The lowest BCUT2D eigenvalue weighted by Gasteiger charge is -2.13. The summed E-state index contributed by atoms with van der Waals surface area (Å²) in [7, 11) is 0. The second-order valence-corrected chi connectivity index (χ2v) is 4.99. The highest BCUT2D eigenvalue weighted by molar-refractivity contribution is 6.35. The molecule has 3 N–H and O–H groups in total. The van der Waals surface area contributed by atoms with Gasteiger partial charge in [-0.05, 0) is 23.3 Å². The molecule has 0 saturated heterocycles. The van der Waals surface area contributed by atoms with Gasteiger partial charge >= 0.3 is 18.0 Å². The molecule has 0 spiro atoms. The summed E-state index contributed by atoms with van der Waals surface area (Å²) < 4.78 is 41.1. The topological polar surface area (TPSA) is 87.7 Å². The van der Waals surface area contributed by atoms with Crippen LogP contribution in [-0.2, 0) is 16.0 Å². The number of carbonyl (C=O) groups is 2. The maximum absolute atomic E-state index is 11.9. The number of fused-ring (bicyclic) bond motifs is 1. The van der Waals surface area contributed by atoms with E-state index in [1.54, 1.807) is 18.2 Å². The number of aliphatic hydroxyl groups excluding tert-OH is 1. The fraction of sp³-hybridized carbons (Fsp3) is 0.429. The van der Waals surface area contributed by atoms with Crippen LogP contribution in [-0.4, -0.2) is 42.8 Å². The first-order valence-corrected chi connectivity index (χ1v) is 6.83. The molecule has 0 radical (unpaired) electrons. The van der Waals surface area contributed by atoms with Gasteiger partial charge in [-0.1, -0.05) is 6.07 Å². The van der Waals surface area contributed by atoms with Crippen LogP contribution >= 0.6 is 0 Å². The summed E-state index contributed by atoms with van der Waals surface area (Å²) in [6.45, 7) is -1.32. The Balaban J connectivity index is 1.83. The predicted molar refractivity (Wildman–Crippen MR) is 72.7 cm³/mol. The number of amides is 2. The van der Waals surface area contributed by atoms with E-state index >= 15 is 0 Å². The van der Waals surface area contributed by atoms with Gasteiger partial charge in [-0.15, -0.1) is 0 Å². The van der Waals surface area contributed by atoms with Crippen molar-refractivity contribution >= 4 is 11.8 Å². The molecule has 126 valence electrons. The third kappa shape index (κ3) is 4.85. The van der Waals surface area contributed by atoms with Crippen molar-refractivity contribution in [1.29, 1.82) is 0 Å². The molecule has 0 aliphatic carbocycles. The highest BCUT2D eigenvalue weighted by Gasteiger charge is 2.29. The van der Waals surface area contributed by atoms with Crippen LogP contribution in [0.5, 0.6) is 5.75 Å². The first-order valence-electron chi connectivity index (χ1n) is 6.83. The average molecular weight is 332 g/mol. The summed E-state index contributed by atoms with van der Waals surface area (Å²) in [5, 5.41) is 13.5. The Morgan fingerprint density at radius 3 is 2.65 bits per heavy atom. The van der Waals surface area contributed by atoms with E-state index in [1.807, 2.05) is 0 Å². The number of alkyl halides is 3. The Kier molecular flexibility index (Phi) is 5.09. The molecule has 1 aromatic carbocycles. The van der Waals surface area contributed by atoms with Gasteiger partial charge in [0, 0.05) is 13.0 Å². The summed E-state index contributed by atoms with van der Waals surface area (Å²) in [6.07, 6.45) is -4.97. The first kappa shape index (κ1) is 17.1. The predicted octanol–water partition coefficient (Wildman–Crippen LogP) is 0.450. The van der Waals surface area contributed by atoms with Crippen LogP contribution in [0, 0.1) is 0 Å².